The van der Waals surface area contributed by atoms with Crippen molar-refractivity contribution in [2.75, 3.05) is 13.6 Å². The van der Waals surface area contributed by atoms with Crippen molar-refractivity contribution in [2.45, 2.75) is 51.3 Å². The molecule has 0 aromatic heterocycles. The van der Waals surface area contributed by atoms with Gasteiger partial charge in [0, 0.05) is 20.0 Å². The van der Waals surface area contributed by atoms with E-state index < -0.39 is 30.1 Å². The highest BCUT2D eigenvalue weighted by molar-refractivity contribution is 5.92. The van der Waals surface area contributed by atoms with Gasteiger partial charge in [-0.05, 0) is 24.3 Å². The fraction of sp³-hybridized carbons (Fsp3) is 0.550. The second kappa shape index (κ2) is 8.99. The Kier molecular flexibility index (Phi) is 6.96. The maximum Gasteiger partial charge on any atom is 0.326 e. The summed E-state index contributed by atoms with van der Waals surface area (Å²) in [7, 11) is 1.49. The molecule has 148 valence electrons. The Balaban J connectivity index is 2.13. The molecule has 0 bridgehead atoms. The van der Waals surface area contributed by atoms with Gasteiger partial charge in [0.15, 0.2) is 0 Å². The number of hydrogen-bond acceptors (Lipinski definition) is 4. The Bertz CT molecular complexity index is 676. The number of aliphatic hydroxyl groups is 1. The van der Waals surface area contributed by atoms with Gasteiger partial charge in [-0.15, -0.1) is 0 Å². The number of nitrogens with zero attached hydrogens (tertiary/aromatic N) is 2. The molecule has 7 nitrogen and oxygen atoms in total. The maximum atomic E-state index is 13.0. The highest BCUT2D eigenvalue weighted by atomic mass is 16.4. The summed E-state index contributed by atoms with van der Waals surface area (Å²) in [6, 6.07) is 7.49. The first-order valence-corrected chi connectivity index (χ1v) is 9.26. The van der Waals surface area contributed by atoms with Gasteiger partial charge in [-0.3, -0.25) is 9.59 Å². The van der Waals surface area contributed by atoms with E-state index in [1.54, 1.807) is 0 Å². The summed E-state index contributed by atoms with van der Waals surface area (Å²) in [5.41, 5.74) is 0.824. The minimum absolute atomic E-state index is 0.157. The molecule has 27 heavy (non-hydrogen) atoms. The normalized spacial score (nSPS) is 19.0. The van der Waals surface area contributed by atoms with Crippen molar-refractivity contribution in [3.8, 4) is 0 Å². The average Bonchev–Trinajstić information content (AvgIpc) is 3.11. The second-order valence-corrected chi connectivity index (χ2v) is 7.37. The third-order valence-corrected chi connectivity index (χ3v) is 5.03. The predicted octanol–water partition coefficient (Wildman–Crippen LogP) is 1.15. The summed E-state index contributed by atoms with van der Waals surface area (Å²) < 4.78 is 0. The topological polar surface area (TPSA) is 98.2 Å². The van der Waals surface area contributed by atoms with Crippen LogP contribution in [0.5, 0.6) is 0 Å². The zero-order valence-corrected chi connectivity index (χ0v) is 16.0. The molecule has 0 unspecified atom stereocenters. The molecule has 1 aliphatic rings. The number of rotatable bonds is 7. The molecule has 1 aromatic carbocycles. The minimum Gasteiger partial charge on any atom is -0.480 e. The highest BCUT2D eigenvalue weighted by Crippen LogP contribution is 2.23. The fourth-order valence-electron chi connectivity index (χ4n) is 3.65. The van der Waals surface area contributed by atoms with E-state index in [0.29, 0.717) is 19.4 Å². The third kappa shape index (κ3) is 4.86. The summed E-state index contributed by atoms with van der Waals surface area (Å²) in [6.45, 7) is 3.98. The van der Waals surface area contributed by atoms with Crippen LogP contribution in [0.2, 0.25) is 0 Å². The number of aliphatic carboxylic acids is 1. The number of benzene rings is 1. The van der Waals surface area contributed by atoms with Crippen molar-refractivity contribution in [2.24, 2.45) is 5.92 Å². The van der Waals surface area contributed by atoms with Crippen LogP contribution in [0.4, 0.5) is 0 Å². The molecular formula is C20H28N2O5. The molecular weight excluding hydrogens is 348 g/mol. The van der Waals surface area contributed by atoms with Crippen molar-refractivity contribution in [1.29, 1.82) is 0 Å². The van der Waals surface area contributed by atoms with Gasteiger partial charge in [0.2, 0.25) is 5.91 Å². The maximum absolute atomic E-state index is 13.0. The van der Waals surface area contributed by atoms with Crippen LogP contribution in [0.25, 0.3) is 0 Å². The number of carbonyl (C=O) groups excluding carboxylic acids is 2. The molecule has 0 spiro atoms. The monoisotopic (exact) mass is 376 g/mol. The summed E-state index contributed by atoms with van der Waals surface area (Å²) >= 11 is 0. The first-order valence-electron chi connectivity index (χ1n) is 9.26. The van der Waals surface area contributed by atoms with Crippen LogP contribution < -0.4 is 0 Å². The molecule has 1 aromatic rings. The Hall–Kier alpha value is -2.41. The number of likely N-dealkylation sites (tertiary alicyclic amines) is 1. The lowest BCUT2D eigenvalue weighted by Gasteiger charge is -2.35. The first kappa shape index (κ1) is 20.9. The zero-order chi connectivity index (χ0) is 20.1. The van der Waals surface area contributed by atoms with Crippen molar-refractivity contribution in [3.63, 3.8) is 0 Å². The van der Waals surface area contributed by atoms with Gasteiger partial charge in [0.1, 0.15) is 18.2 Å². The average molecular weight is 376 g/mol. The Morgan fingerprint density at radius 2 is 1.85 bits per heavy atom. The van der Waals surface area contributed by atoms with Crippen LogP contribution in [0, 0.1) is 5.92 Å². The van der Waals surface area contributed by atoms with Crippen LogP contribution >= 0.6 is 0 Å². The van der Waals surface area contributed by atoms with E-state index in [1.165, 1.54) is 16.8 Å². The first-order chi connectivity index (χ1) is 12.7. The van der Waals surface area contributed by atoms with Crippen LogP contribution in [-0.4, -0.2) is 69.6 Å². The summed E-state index contributed by atoms with van der Waals surface area (Å²) in [5, 5.41) is 19.7. The van der Waals surface area contributed by atoms with Gasteiger partial charge in [0.05, 0.1) is 0 Å². The quantitative estimate of drug-likeness (QED) is 0.744. The number of aliphatic hydroxyl groups excluding tert-OH is 1. The van der Waals surface area contributed by atoms with Crippen LogP contribution in [0.3, 0.4) is 0 Å². The number of carboxylic acid groups (broad SMARTS) is 1. The molecule has 2 rings (SSSR count). The molecule has 0 aliphatic carbocycles. The number of amides is 2. The van der Waals surface area contributed by atoms with Crippen molar-refractivity contribution < 1.29 is 24.6 Å². The smallest absolute Gasteiger partial charge is 0.326 e. The molecule has 0 radical (unpaired) electrons. The van der Waals surface area contributed by atoms with Gasteiger partial charge in [-0.25, -0.2) is 4.79 Å². The molecule has 1 fully saturated rings. The van der Waals surface area contributed by atoms with Crippen molar-refractivity contribution >= 4 is 17.8 Å². The Labute approximate surface area is 159 Å². The number of carbonyl (C=O) groups is 3. The lowest BCUT2D eigenvalue weighted by molar-refractivity contribution is -0.155. The van der Waals surface area contributed by atoms with Crippen LogP contribution in [-0.2, 0) is 20.8 Å². The SMILES string of the molecule is CC(C)[C@H](C(=O)N1CCC[C@H]1C(=O)O)N(C)C(=O)[C@@H](O)Cc1ccccc1. The number of likely N-dealkylation sites (N-methyl/N-ethyl adjacent to an activating group) is 1. The van der Waals surface area contributed by atoms with Gasteiger partial charge >= 0.3 is 5.97 Å². The fourth-order valence-corrected chi connectivity index (χ4v) is 3.65. The predicted molar refractivity (Wildman–Crippen MR) is 99.9 cm³/mol. The van der Waals surface area contributed by atoms with E-state index in [4.69, 9.17) is 0 Å². The van der Waals surface area contributed by atoms with E-state index in [9.17, 15) is 24.6 Å². The third-order valence-electron chi connectivity index (χ3n) is 5.03. The molecule has 1 aliphatic heterocycles. The van der Waals surface area contributed by atoms with Crippen LogP contribution in [0.15, 0.2) is 30.3 Å². The van der Waals surface area contributed by atoms with Gasteiger partial charge < -0.3 is 20.0 Å². The second-order valence-electron chi connectivity index (χ2n) is 7.37. The van der Waals surface area contributed by atoms with E-state index in [2.05, 4.69) is 0 Å². The summed E-state index contributed by atoms with van der Waals surface area (Å²) in [5.74, 6) is -2.17. The van der Waals surface area contributed by atoms with Crippen LogP contribution in [0.1, 0.15) is 32.3 Å². The molecule has 2 N–H and O–H groups in total. The molecule has 0 saturated carbocycles. The zero-order valence-electron chi connectivity index (χ0n) is 16.0. The number of carboxylic acids is 1. The lowest BCUT2D eigenvalue weighted by Crippen LogP contribution is -2.56. The van der Waals surface area contributed by atoms with Gasteiger partial charge in [-0.2, -0.15) is 0 Å². The van der Waals surface area contributed by atoms with E-state index >= 15 is 0 Å². The van der Waals surface area contributed by atoms with E-state index in [0.717, 1.165) is 5.56 Å². The minimum atomic E-state index is -1.26. The van der Waals surface area contributed by atoms with E-state index in [-0.39, 0.29) is 18.2 Å². The van der Waals surface area contributed by atoms with Crippen molar-refractivity contribution in [3.05, 3.63) is 35.9 Å². The molecule has 1 heterocycles. The molecule has 7 heteroatoms. The Morgan fingerprint density at radius 3 is 2.41 bits per heavy atom. The molecule has 1 saturated heterocycles. The summed E-state index contributed by atoms with van der Waals surface area (Å²) in [6.07, 6.45) is -0.0627. The Morgan fingerprint density at radius 1 is 1.22 bits per heavy atom. The highest BCUT2D eigenvalue weighted by Gasteiger charge is 2.41. The van der Waals surface area contributed by atoms with Gasteiger partial charge in [0.25, 0.3) is 5.91 Å². The molecule has 2 amide bonds. The van der Waals surface area contributed by atoms with Crippen molar-refractivity contribution in [1.82, 2.24) is 9.80 Å². The lowest BCUT2D eigenvalue weighted by atomic mass is 9.99. The summed E-state index contributed by atoms with van der Waals surface area (Å²) in [4.78, 5) is 39.8. The number of hydrogen-bond donors (Lipinski definition) is 2. The van der Waals surface area contributed by atoms with Gasteiger partial charge in [-0.1, -0.05) is 44.2 Å². The molecule has 3 atom stereocenters. The van der Waals surface area contributed by atoms with E-state index in [1.807, 2.05) is 44.2 Å². The largest absolute Gasteiger partial charge is 0.480 e. The standard InChI is InChI=1S/C20H28N2O5/c1-13(2)17(19(25)22-11-7-10-15(22)20(26)27)21(3)18(24)16(23)12-14-8-5-4-6-9-14/h4-6,8-9,13,15-17,23H,7,10-12H2,1-3H3,(H,26,27)/t15-,16-,17+/m0/s1.